The van der Waals surface area contributed by atoms with Gasteiger partial charge in [-0.2, -0.15) is 0 Å². The van der Waals surface area contributed by atoms with Crippen LogP contribution in [0.4, 0.5) is 0 Å². The maximum atomic E-state index is 13.1. The minimum atomic E-state index is -0.567. The normalized spacial score (nSPS) is 12.4. The summed E-state index contributed by atoms with van der Waals surface area (Å²) in [4.78, 5) is 40.4. The van der Waals surface area contributed by atoms with Gasteiger partial charge in [-0.25, -0.2) is 4.79 Å². The van der Waals surface area contributed by atoms with Gasteiger partial charge in [-0.1, -0.05) is 147 Å². The molecule has 0 aliphatic carbocycles. The van der Waals surface area contributed by atoms with Crippen LogP contribution in [0.25, 0.3) is 11.1 Å². The molecule has 0 unspecified atom stereocenters. The van der Waals surface area contributed by atoms with Crippen molar-refractivity contribution in [1.29, 1.82) is 0 Å². The van der Waals surface area contributed by atoms with E-state index in [9.17, 15) is 14.4 Å². The summed E-state index contributed by atoms with van der Waals surface area (Å²) in [5.41, 5.74) is 2.91. The molecule has 0 spiro atoms. The van der Waals surface area contributed by atoms with Crippen molar-refractivity contribution >= 4 is 17.8 Å². The minimum absolute atomic E-state index is 0.243. The Bertz CT molecular complexity index is 1460. The van der Waals surface area contributed by atoms with Crippen LogP contribution in [-0.2, 0) is 0 Å². The van der Waals surface area contributed by atoms with Crippen molar-refractivity contribution in [2.24, 2.45) is 0 Å². The van der Waals surface area contributed by atoms with Crippen molar-refractivity contribution in [3.63, 3.8) is 0 Å². The minimum Gasteiger partial charge on any atom is -0.494 e. The number of fused-ring (bicyclic) bond motifs is 1. The lowest BCUT2D eigenvalue weighted by Crippen LogP contribution is -2.30. The number of rotatable bonds is 25. The maximum absolute atomic E-state index is 13.1. The van der Waals surface area contributed by atoms with Crippen LogP contribution in [0.2, 0.25) is 0 Å². The molecule has 0 N–H and O–H groups in total. The first-order valence-electron chi connectivity index (χ1n) is 19.6. The van der Waals surface area contributed by atoms with Crippen molar-refractivity contribution in [2.45, 2.75) is 136 Å². The van der Waals surface area contributed by atoms with Gasteiger partial charge in [0.25, 0.3) is 11.8 Å². The van der Waals surface area contributed by atoms with Crippen molar-refractivity contribution in [2.75, 3.05) is 13.2 Å². The number of imide groups is 1. The summed E-state index contributed by atoms with van der Waals surface area (Å²) in [6.07, 6.45) is 23.5. The molecule has 3 aromatic rings. The smallest absolute Gasteiger partial charge is 0.343 e. The van der Waals surface area contributed by atoms with Crippen LogP contribution in [0.5, 0.6) is 11.5 Å². The lowest BCUT2D eigenvalue weighted by atomic mass is 10.1. The standard InChI is InChI=1S/C44H59NO5/c1-3-5-7-9-11-13-14-16-18-20-32-45-42(46)40-31-26-37(34-41(40)43(45)47)44(48)50-39-29-24-36(25-30-39)35-22-27-38(28-23-35)49-33-21-19-17-15-12-10-8-6-4-2/h22-31,34H,3-21,32-33H2,1-2H3. The molecular weight excluding hydrogens is 622 g/mol. The summed E-state index contributed by atoms with van der Waals surface area (Å²) in [5, 5.41) is 0. The van der Waals surface area contributed by atoms with Crippen LogP contribution < -0.4 is 9.47 Å². The van der Waals surface area contributed by atoms with Gasteiger partial charge in [0.15, 0.2) is 0 Å². The lowest BCUT2D eigenvalue weighted by Gasteiger charge is -2.13. The molecule has 270 valence electrons. The second-order valence-electron chi connectivity index (χ2n) is 13.8. The fourth-order valence-corrected chi connectivity index (χ4v) is 6.61. The third-order valence-corrected chi connectivity index (χ3v) is 9.71. The number of unbranched alkanes of at least 4 members (excludes halogenated alkanes) is 17. The van der Waals surface area contributed by atoms with Gasteiger partial charge < -0.3 is 9.47 Å². The highest BCUT2D eigenvalue weighted by Crippen LogP contribution is 2.28. The maximum Gasteiger partial charge on any atom is 0.343 e. The van der Waals surface area contributed by atoms with Crippen molar-refractivity contribution in [3.8, 4) is 22.6 Å². The number of hydrogen-bond donors (Lipinski definition) is 0. The van der Waals surface area contributed by atoms with E-state index in [2.05, 4.69) is 13.8 Å². The molecule has 1 aliphatic rings. The second-order valence-corrected chi connectivity index (χ2v) is 13.8. The van der Waals surface area contributed by atoms with E-state index in [-0.39, 0.29) is 22.9 Å². The van der Waals surface area contributed by atoms with Crippen LogP contribution in [0.15, 0.2) is 66.7 Å². The Labute approximate surface area is 300 Å². The highest BCUT2D eigenvalue weighted by Gasteiger charge is 2.35. The Morgan fingerprint density at radius 2 is 0.980 bits per heavy atom. The number of carbonyl (C=O) groups is 3. The van der Waals surface area contributed by atoms with Gasteiger partial charge in [-0.3, -0.25) is 14.5 Å². The zero-order chi connectivity index (χ0) is 35.4. The summed E-state index contributed by atoms with van der Waals surface area (Å²) >= 11 is 0. The van der Waals surface area contributed by atoms with Crippen LogP contribution in [0.3, 0.4) is 0 Å². The summed E-state index contributed by atoms with van der Waals surface area (Å²) in [6.45, 7) is 5.63. The fraction of sp³-hybridized carbons (Fsp3) is 0.523. The van der Waals surface area contributed by atoms with Crippen LogP contribution in [0.1, 0.15) is 167 Å². The van der Waals surface area contributed by atoms with E-state index in [0.717, 1.165) is 49.2 Å². The predicted molar refractivity (Wildman–Crippen MR) is 203 cm³/mol. The van der Waals surface area contributed by atoms with E-state index in [1.54, 1.807) is 24.3 Å². The average Bonchev–Trinajstić information content (AvgIpc) is 3.38. The molecule has 2 amide bonds. The number of benzene rings is 3. The first-order valence-corrected chi connectivity index (χ1v) is 19.6. The first kappa shape index (κ1) is 38.9. The van der Waals surface area contributed by atoms with Crippen molar-refractivity contribution in [3.05, 3.63) is 83.4 Å². The second kappa shape index (κ2) is 22.0. The Kier molecular flexibility index (Phi) is 17.1. The van der Waals surface area contributed by atoms with E-state index >= 15 is 0 Å². The highest BCUT2D eigenvalue weighted by molar-refractivity contribution is 6.22. The third kappa shape index (κ3) is 12.4. The van der Waals surface area contributed by atoms with Crippen LogP contribution in [0, 0.1) is 0 Å². The number of ether oxygens (including phenoxy) is 2. The molecular formula is C44H59NO5. The van der Waals surface area contributed by atoms with Gasteiger partial charge in [0.05, 0.1) is 23.3 Å². The van der Waals surface area contributed by atoms with E-state index in [1.807, 2.05) is 36.4 Å². The number of hydrogen-bond acceptors (Lipinski definition) is 5. The largest absolute Gasteiger partial charge is 0.494 e. The third-order valence-electron chi connectivity index (χ3n) is 9.71. The molecule has 4 rings (SSSR count). The van der Waals surface area contributed by atoms with Crippen molar-refractivity contribution < 1.29 is 23.9 Å². The molecule has 0 fully saturated rings. The number of amides is 2. The molecule has 3 aromatic carbocycles. The van der Waals surface area contributed by atoms with Gasteiger partial charge in [0.2, 0.25) is 0 Å². The number of carbonyl (C=O) groups excluding carboxylic acids is 3. The number of esters is 1. The van der Waals surface area contributed by atoms with Gasteiger partial charge in [0.1, 0.15) is 11.5 Å². The molecule has 0 saturated carbocycles. The summed E-state index contributed by atoms with van der Waals surface area (Å²) in [6, 6.07) is 20.0. The zero-order valence-electron chi connectivity index (χ0n) is 30.7. The van der Waals surface area contributed by atoms with E-state index in [0.29, 0.717) is 17.9 Å². The average molecular weight is 682 g/mol. The van der Waals surface area contributed by atoms with E-state index in [1.165, 1.54) is 107 Å². The molecule has 0 atom stereocenters. The summed E-state index contributed by atoms with van der Waals surface area (Å²) in [7, 11) is 0. The van der Waals surface area contributed by atoms with Crippen molar-refractivity contribution in [1.82, 2.24) is 4.90 Å². The van der Waals surface area contributed by atoms with E-state index in [4.69, 9.17) is 9.47 Å². The summed E-state index contributed by atoms with van der Waals surface area (Å²) < 4.78 is 11.6. The Morgan fingerprint density at radius 3 is 1.52 bits per heavy atom. The molecule has 0 radical (unpaired) electrons. The van der Waals surface area contributed by atoms with Crippen LogP contribution in [-0.4, -0.2) is 35.8 Å². The Balaban J connectivity index is 1.17. The first-order chi connectivity index (χ1) is 24.5. The lowest BCUT2D eigenvalue weighted by molar-refractivity contribution is 0.0650. The quantitative estimate of drug-likeness (QED) is 0.0385. The molecule has 1 aliphatic heterocycles. The Morgan fingerprint density at radius 1 is 0.520 bits per heavy atom. The van der Waals surface area contributed by atoms with Gasteiger partial charge >= 0.3 is 5.97 Å². The zero-order valence-corrected chi connectivity index (χ0v) is 30.7. The fourth-order valence-electron chi connectivity index (χ4n) is 6.61. The molecule has 6 heteroatoms. The molecule has 6 nitrogen and oxygen atoms in total. The summed E-state index contributed by atoms with van der Waals surface area (Å²) in [5.74, 6) is 0.0950. The monoisotopic (exact) mass is 681 g/mol. The van der Waals surface area contributed by atoms with Gasteiger partial charge in [-0.05, 0) is 66.4 Å². The van der Waals surface area contributed by atoms with Gasteiger partial charge in [0, 0.05) is 6.54 Å². The SMILES string of the molecule is CCCCCCCCCCCCN1C(=O)c2ccc(C(=O)Oc3ccc(-c4ccc(OCCCCCCCCCCC)cc4)cc3)cc2C1=O. The molecule has 0 aromatic heterocycles. The predicted octanol–water partition coefficient (Wildman–Crippen LogP) is 12.0. The Hall–Kier alpha value is -3.93. The number of nitrogens with zero attached hydrogens (tertiary/aromatic N) is 1. The topological polar surface area (TPSA) is 72.9 Å². The molecule has 50 heavy (non-hydrogen) atoms. The molecule has 1 heterocycles. The van der Waals surface area contributed by atoms with Crippen LogP contribution >= 0.6 is 0 Å². The molecule has 0 bridgehead atoms. The van der Waals surface area contributed by atoms with E-state index < -0.39 is 5.97 Å². The van der Waals surface area contributed by atoms with Gasteiger partial charge in [-0.15, -0.1) is 0 Å². The molecule has 0 saturated heterocycles. The highest BCUT2D eigenvalue weighted by atomic mass is 16.5.